The van der Waals surface area contributed by atoms with Crippen molar-refractivity contribution in [1.29, 1.82) is 0 Å². The molecule has 1 saturated heterocycles. The number of carbonyl (C=O) groups is 1. The highest BCUT2D eigenvalue weighted by Crippen LogP contribution is 2.31. The minimum absolute atomic E-state index is 0.0598. The number of nitrogens with one attached hydrogen (secondary N) is 1. The first-order chi connectivity index (χ1) is 11.4. The number of hydrogen-bond donors (Lipinski definition) is 1. The molecule has 0 aliphatic carbocycles. The average Bonchev–Trinajstić information content (AvgIpc) is 3.13. The predicted molar refractivity (Wildman–Crippen MR) is 89.4 cm³/mol. The van der Waals surface area contributed by atoms with Crippen LogP contribution < -0.4 is 0 Å². The van der Waals surface area contributed by atoms with E-state index in [1.54, 1.807) is 0 Å². The number of carbonyl (C=O) groups excluding carboxylic acids is 1. The topological polar surface area (TPSA) is 87.7 Å². The average molecular weight is 328 g/mol. The molecule has 0 saturated carbocycles. The summed E-state index contributed by atoms with van der Waals surface area (Å²) in [6.45, 7) is 8.69. The van der Waals surface area contributed by atoms with E-state index in [-0.39, 0.29) is 11.9 Å². The molecule has 2 aromatic heterocycles. The molecule has 1 atom stereocenters. The van der Waals surface area contributed by atoms with Crippen molar-refractivity contribution < 1.29 is 4.79 Å². The Kier molecular flexibility index (Phi) is 4.59. The Morgan fingerprint density at radius 1 is 1.33 bits per heavy atom. The Morgan fingerprint density at radius 2 is 2.12 bits per heavy atom. The van der Waals surface area contributed by atoms with Crippen molar-refractivity contribution in [3.05, 3.63) is 34.9 Å². The van der Waals surface area contributed by atoms with Crippen molar-refractivity contribution in [3.63, 3.8) is 0 Å². The predicted octanol–water partition coefficient (Wildman–Crippen LogP) is 2.39. The molecule has 1 aliphatic heterocycles. The Morgan fingerprint density at radius 3 is 2.79 bits per heavy atom. The normalized spacial score (nSPS) is 17.7. The van der Waals surface area contributed by atoms with Crippen LogP contribution >= 0.6 is 0 Å². The van der Waals surface area contributed by atoms with Crippen LogP contribution in [0.4, 0.5) is 0 Å². The van der Waals surface area contributed by atoms with Gasteiger partial charge in [0, 0.05) is 12.2 Å². The van der Waals surface area contributed by atoms with E-state index in [4.69, 9.17) is 0 Å². The molecule has 7 heteroatoms. The van der Waals surface area contributed by atoms with E-state index >= 15 is 0 Å². The zero-order chi connectivity index (χ0) is 17.3. The van der Waals surface area contributed by atoms with Crippen molar-refractivity contribution in [2.45, 2.75) is 53.0 Å². The highest BCUT2D eigenvalue weighted by Gasteiger charge is 2.34. The van der Waals surface area contributed by atoms with Crippen LogP contribution in [0, 0.1) is 19.8 Å². The number of aryl methyl sites for hydroxylation is 2. The molecule has 3 rings (SSSR count). The zero-order valence-corrected chi connectivity index (χ0v) is 14.7. The second-order valence-electron chi connectivity index (χ2n) is 6.83. The lowest BCUT2D eigenvalue weighted by Crippen LogP contribution is -2.32. The summed E-state index contributed by atoms with van der Waals surface area (Å²) >= 11 is 0. The van der Waals surface area contributed by atoms with Crippen LogP contribution in [-0.4, -0.2) is 42.5 Å². The van der Waals surface area contributed by atoms with Crippen LogP contribution in [0.5, 0.6) is 0 Å². The first-order valence-electron chi connectivity index (χ1n) is 8.48. The zero-order valence-electron chi connectivity index (χ0n) is 14.7. The van der Waals surface area contributed by atoms with Gasteiger partial charge in [-0.25, -0.2) is 15.0 Å². The molecular formula is C17H24N6O. The summed E-state index contributed by atoms with van der Waals surface area (Å²) in [7, 11) is 0. The molecular weight excluding hydrogens is 304 g/mol. The Balaban J connectivity index is 1.86. The van der Waals surface area contributed by atoms with Crippen LogP contribution in [0.25, 0.3) is 0 Å². The number of aromatic nitrogens is 5. The molecule has 0 aromatic carbocycles. The molecule has 1 fully saturated rings. The summed E-state index contributed by atoms with van der Waals surface area (Å²) in [5, 5.41) is 7.10. The van der Waals surface area contributed by atoms with E-state index in [2.05, 4.69) is 39.0 Å². The standard InChI is InChI=1S/C17H24N6O/c1-10(2)8-13-9-14(19-11(3)18-13)17(24)23-7-5-6-15(23)16-20-12(4)21-22-16/h9-10,15H,5-8H2,1-4H3,(H,20,21,22). The van der Waals surface area contributed by atoms with E-state index in [0.717, 1.165) is 30.8 Å². The van der Waals surface area contributed by atoms with Gasteiger partial charge in [-0.15, -0.1) is 0 Å². The summed E-state index contributed by atoms with van der Waals surface area (Å²) in [5.74, 6) is 2.52. The Labute approximate surface area is 141 Å². The fourth-order valence-corrected chi connectivity index (χ4v) is 3.20. The van der Waals surface area contributed by atoms with Gasteiger partial charge in [-0.05, 0) is 45.1 Å². The number of likely N-dealkylation sites (tertiary alicyclic amines) is 1. The quantitative estimate of drug-likeness (QED) is 0.931. The van der Waals surface area contributed by atoms with Gasteiger partial charge >= 0.3 is 0 Å². The summed E-state index contributed by atoms with van der Waals surface area (Å²) in [6, 6.07) is 1.75. The largest absolute Gasteiger partial charge is 0.327 e. The van der Waals surface area contributed by atoms with Crippen molar-refractivity contribution >= 4 is 5.91 Å². The molecule has 7 nitrogen and oxygen atoms in total. The molecule has 2 aromatic rings. The summed E-state index contributed by atoms with van der Waals surface area (Å²) in [6.07, 6.45) is 2.67. The van der Waals surface area contributed by atoms with E-state index in [1.165, 1.54) is 0 Å². The first kappa shape index (κ1) is 16.5. The lowest BCUT2D eigenvalue weighted by molar-refractivity contribution is 0.0723. The van der Waals surface area contributed by atoms with E-state index in [0.29, 0.717) is 29.8 Å². The lowest BCUT2D eigenvalue weighted by atomic mass is 10.1. The first-order valence-corrected chi connectivity index (χ1v) is 8.48. The van der Waals surface area contributed by atoms with Gasteiger partial charge in [0.1, 0.15) is 17.3 Å². The second kappa shape index (κ2) is 6.67. The number of aromatic amines is 1. The molecule has 0 radical (unpaired) electrons. The monoisotopic (exact) mass is 328 g/mol. The fraction of sp³-hybridized carbons (Fsp3) is 0.588. The third kappa shape index (κ3) is 3.44. The maximum atomic E-state index is 13.0. The van der Waals surface area contributed by atoms with Gasteiger partial charge < -0.3 is 4.90 Å². The molecule has 0 spiro atoms. The van der Waals surface area contributed by atoms with Crippen molar-refractivity contribution in [2.24, 2.45) is 5.92 Å². The molecule has 0 bridgehead atoms. The van der Waals surface area contributed by atoms with Gasteiger partial charge in [-0.1, -0.05) is 13.8 Å². The number of nitrogens with zero attached hydrogens (tertiary/aromatic N) is 5. The number of rotatable bonds is 4. The Hall–Kier alpha value is -2.31. The molecule has 128 valence electrons. The van der Waals surface area contributed by atoms with Gasteiger partial charge in [-0.2, -0.15) is 5.10 Å². The molecule has 1 unspecified atom stereocenters. The minimum Gasteiger partial charge on any atom is -0.327 e. The SMILES string of the molecule is Cc1nc(CC(C)C)cc(C(=O)N2CCCC2c2n[nH]c(C)n2)n1. The smallest absolute Gasteiger partial charge is 0.273 e. The van der Waals surface area contributed by atoms with Crippen LogP contribution in [-0.2, 0) is 6.42 Å². The molecule has 1 aliphatic rings. The molecule has 1 N–H and O–H groups in total. The fourth-order valence-electron chi connectivity index (χ4n) is 3.20. The van der Waals surface area contributed by atoms with Crippen LogP contribution in [0.15, 0.2) is 6.07 Å². The van der Waals surface area contributed by atoms with E-state index < -0.39 is 0 Å². The molecule has 3 heterocycles. The van der Waals surface area contributed by atoms with Crippen LogP contribution in [0.2, 0.25) is 0 Å². The lowest BCUT2D eigenvalue weighted by Gasteiger charge is -2.22. The Bertz CT molecular complexity index is 738. The van der Waals surface area contributed by atoms with E-state index in [9.17, 15) is 4.79 Å². The van der Waals surface area contributed by atoms with Crippen LogP contribution in [0.1, 0.15) is 66.4 Å². The van der Waals surface area contributed by atoms with Crippen molar-refractivity contribution in [1.82, 2.24) is 30.0 Å². The number of hydrogen-bond acceptors (Lipinski definition) is 5. The van der Waals surface area contributed by atoms with E-state index in [1.807, 2.05) is 24.8 Å². The summed E-state index contributed by atoms with van der Waals surface area (Å²) < 4.78 is 0. The highest BCUT2D eigenvalue weighted by molar-refractivity contribution is 5.92. The maximum Gasteiger partial charge on any atom is 0.273 e. The summed E-state index contributed by atoms with van der Waals surface area (Å²) in [4.78, 5) is 28.1. The molecule has 24 heavy (non-hydrogen) atoms. The van der Waals surface area contributed by atoms with Gasteiger partial charge in [-0.3, -0.25) is 9.89 Å². The number of amides is 1. The van der Waals surface area contributed by atoms with Gasteiger partial charge in [0.15, 0.2) is 5.82 Å². The van der Waals surface area contributed by atoms with Crippen molar-refractivity contribution in [2.75, 3.05) is 6.54 Å². The van der Waals surface area contributed by atoms with Gasteiger partial charge in [0.05, 0.1) is 6.04 Å². The third-order valence-corrected chi connectivity index (χ3v) is 4.15. The van der Waals surface area contributed by atoms with Gasteiger partial charge in [0.25, 0.3) is 5.91 Å². The highest BCUT2D eigenvalue weighted by atomic mass is 16.2. The van der Waals surface area contributed by atoms with Crippen molar-refractivity contribution in [3.8, 4) is 0 Å². The van der Waals surface area contributed by atoms with Gasteiger partial charge in [0.2, 0.25) is 0 Å². The second-order valence-corrected chi connectivity index (χ2v) is 6.83. The number of H-pyrrole nitrogens is 1. The van der Waals surface area contributed by atoms with Crippen LogP contribution in [0.3, 0.4) is 0 Å². The summed E-state index contributed by atoms with van der Waals surface area (Å²) in [5.41, 5.74) is 1.39. The minimum atomic E-state index is -0.0775. The third-order valence-electron chi connectivity index (χ3n) is 4.15. The maximum absolute atomic E-state index is 13.0. The molecule has 1 amide bonds.